The number of nitrogens with one attached hydrogen (secondary N) is 2. The quantitative estimate of drug-likeness (QED) is 0.785. The van der Waals surface area contributed by atoms with Crippen molar-refractivity contribution in [3.05, 3.63) is 47.5 Å². The SMILES string of the molecule is Cl.O=C(COCc1ccccc1)NCC1=CCNCC1. The second-order valence-electron chi connectivity index (χ2n) is 4.57. The molecule has 0 aliphatic carbocycles. The van der Waals surface area contributed by atoms with Crippen LogP contribution in [0, 0.1) is 0 Å². The predicted octanol–water partition coefficient (Wildman–Crippen LogP) is 1.66. The summed E-state index contributed by atoms with van der Waals surface area (Å²) in [5, 5.41) is 6.12. The molecule has 1 aromatic carbocycles. The number of benzene rings is 1. The summed E-state index contributed by atoms with van der Waals surface area (Å²) in [6.07, 6.45) is 3.14. The Balaban J connectivity index is 0.00000200. The zero-order valence-electron chi connectivity index (χ0n) is 11.4. The molecule has 1 amide bonds. The fourth-order valence-corrected chi connectivity index (χ4v) is 1.93. The molecule has 1 aromatic rings. The van der Waals surface area contributed by atoms with Crippen molar-refractivity contribution in [2.24, 2.45) is 0 Å². The van der Waals surface area contributed by atoms with Crippen molar-refractivity contribution < 1.29 is 9.53 Å². The van der Waals surface area contributed by atoms with Crippen molar-refractivity contribution in [2.75, 3.05) is 26.2 Å². The summed E-state index contributed by atoms with van der Waals surface area (Å²) in [6, 6.07) is 9.85. The standard InChI is InChI=1S/C15H20N2O2.ClH/c18-15(17-10-13-6-8-16-9-7-13)12-19-11-14-4-2-1-3-5-14;/h1-6,16H,7-12H2,(H,17,18);1H. The maximum absolute atomic E-state index is 11.6. The molecular weight excluding hydrogens is 276 g/mol. The summed E-state index contributed by atoms with van der Waals surface area (Å²) >= 11 is 0. The lowest BCUT2D eigenvalue weighted by Crippen LogP contribution is -2.31. The highest BCUT2D eigenvalue weighted by Crippen LogP contribution is 2.02. The highest BCUT2D eigenvalue weighted by atomic mass is 35.5. The van der Waals surface area contributed by atoms with Gasteiger partial charge in [0.15, 0.2) is 0 Å². The van der Waals surface area contributed by atoms with Crippen LogP contribution in [0.25, 0.3) is 0 Å². The number of amides is 1. The highest BCUT2D eigenvalue weighted by molar-refractivity contribution is 5.85. The Bertz CT molecular complexity index is 435. The number of carbonyl (C=O) groups excluding carboxylic acids is 1. The van der Waals surface area contributed by atoms with Gasteiger partial charge in [-0.25, -0.2) is 0 Å². The van der Waals surface area contributed by atoms with Crippen LogP contribution in [0.2, 0.25) is 0 Å². The van der Waals surface area contributed by atoms with E-state index in [4.69, 9.17) is 4.74 Å². The van der Waals surface area contributed by atoms with E-state index in [9.17, 15) is 4.79 Å². The second kappa shape index (κ2) is 9.53. The van der Waals surface area contributed by atoms with Gasteiger partial charge in [0.2, 0.25) is 5.91 Å². The Labute approximate surface area is 126 Å². The lowest BCUT2D eigenvalue weighted by atomic mass is 10.1. The third-order valence-electron chi connectivity index (χ3n) is 3.02. The predicted molar refractivity (Wildman–Crippen MR) is 81.9 cm³/mol. The smallest absolute Gasteiger partial charge is 0.246 e. The molecule has 0 atom stereocenters. The van der Waals surface area contributed by atoms with Gasteiger partial charge in [-0.1, -0.05) is 42.0 Å². The Morgan fingerprint density at radius 2 is 2.10 bits per heavy atom. The van der Waals surface area contributed by atoms with Gasteiger partial charge in [-0.3, -0.25) is 4.79 Å². The van der Waals surface area contributed by atoms with Gasteiger partial charge in [0, 0.05) is 13.1 Å². The van der Waals surface area contributed by atoms with Gasteiger partial charge in [-0.05, 0) is 18.5 Å². The van der Waals surface area contributed by atoms with Crippen LogP contribution >= 0.6 is 12.4 Å². The number of ether oxygens (including phenoxy) is 1. The van der Waals surface area contributed by atoms with Crippen molar-refractivity contribution in [1.29, 1.82) is 0 Å². The van der Waals surface area contributed by atoms with Gasteiger partial charge in [0.25, 0.3) is 0 Å². The number of hydrogen-bond acceptors (Lipinski definition) is 3. The molecule has 0 spiro atoms. The first-order valence-electron chi connectivity index (χ1n) is 6.61. The van der Waals surface area contributed by atoms with Crippen LogP contribution in [-0.4, -0.2) is 32.1 Å². The molecule has 0 unspecified atom stereocenters. The minimum atomic E-state index is -0.0598. The Morgan fingerprint density at radius 1 is 1.30 bits per heavy atom. The molecule has 0 bridgehead atoms. The molecule has 0 saturated heterocycles. The summed E-state index contributed by atoms with van der Waals surface area (Å²) in [6.45, 7) is 3.11. The highest BCUT2D eigenvalue weighted by Gasteiger charge is 2.05. The lowest BCUT2D eigenvalue weighted by Gasteiger charge is -2.14. The average molecular weight is 297 g/mol. The molecule has 0 aromatic heterocycles. The van der Waals surface area contributed by atoms with Crippen LogP contribution in [-0.2, 0) is 16.1 Å². The van der Waals surface area contributed by atoms with E-state index in [1.54, 1.807) is 0 Å². The van der Waals surface area contributed by atoms with Gasteiger partial charge < -0.3 is 15.4 Å². The van der Waals surface area contributed by atoms with Gasteiger partial charge in [-0.15, -0.1) is 12.4 Å². The van der Waals surface area contributed by atoms with E-state index < -0.39 is 0 Å². The fraction of sp³-hybridized carbons (Fsp3) is 0.400. The molecule has 20 heavy (non-hydrogen) atoms. The molecular formula is C15H21ClN2O2. The Kier molecular flexibility index (Phi) is 7.95. The van der Waals surface area contributed by atoms with Crippen LogP contribution in [0.4, 0.5) is 0 Å². The fourth-order valence-electron chi connectivity index (χ4n) is 1.93. The van der Waals surface area contributed by atoms with E-state index in [0.717, 1.165) is 25.1 Å². The minimum absolute atomic E-state index is 0. The number of hydrogen-bond donors (Lipinski definition) is 2. The van der Waals surface area contributed by atoms with E-state index in [2.05, 4.69) is 16.7 Å². The van der Waals surface area contributed by atoms with E-state index in [1.165, 1.54) is 5.57 Å². The summed E-state index contributed by atoms with van der Waals surface area (Å²) < 4.78 is 5.38. The van der Waals surface area contributed by atoms with Crippen molar-refractivity contribution in [2.45, 2.75) is 13.0 Å². The monoisotopic (exact) mass is 296 g/mol. The van der Waals surface area contributed by atoms with E-state index in [1.807, 2.05) is 30.3 Å². The summed E-state index contributed by atoms with van der Waals surface area (Å²) in [5.74, 6) is -0.0598. The molecule has 0 fully saturated rings. The average Bonchev–Trinajstić information content (AvgIpc) is 2.47. The first kappa shape index (κ1) is 16.7. The van der Waals surface area contributed by atoms with Crippen molar-refractivity contribution in [3.63, 3.8) is 0 Å². The molecule has 0 radical (unpaired) electrons. The molecule has 1 aliphatic heterocycles. The van der Waals surface area contributed by atoms with Gasteiger partial charge in [-0.2, -0.15) is 0 Å². The molecule has 0 saturated carbocycles. The normalized spacial score (nSPS) is 14.1. The minimum Gasteiger partial charge on any atom is -0.367 e. The van der Waals surface area contributed by atoms with E-state index in [-0.39, 0.29) is 24.9 Å². The van der Waals surface area contributed by atoms with Gasteiger partial charge in [0.05, 0.1) is 6.61 Å². The number of halogens is 1. The zero-order chi connectivity index (χ0) is 13.3. The third kappa shape index (κ3) is 6.19. The van der Waals surface area contributed by atoms with Gasteiger partial charge in [0.1, 0.15) is 6.61 Å². The Hall–Kier alpha value is -1.36. The molecule has 4 nitrogen and oxygen atoms in total. The van der Waals surface area contributed by atoms with Crippen LogP contribution in [0.15, 0.2) is 42.0 Å². The van der Waals surface area contributed by atoms with Crippen LogP contribution in [0.5, 0.6) is 0 Å². The van der Waals surface area contributed by atoms with Gasteiger partial charge >= 0.3 is 0 Å². The largest absolute Gasteiger partial charge is 0.367 e. The Morgan fingerprint density at radius 3 is 2.80 bits per heavy atom. The molecule has 1 heterocycles. The van der Waals surface area contributed by atoms with Crippen LogP contribution in [0.1, 0.15) is 12.0 Å². The maximum atomic E-state index is 11.6. The molecule has 5 heteroatoms. The first-order valence-corrected chi connectivity index (χ1v) is 6.61. The third-order valence-corrected chi connectivity index (χ3v) is 3.02. The lowest BCUT2D eigenvalue weighted by molar-refractivity contribution is -0.125. The topological polar surface area (TPSA) is 50.4 Å². The zero-order valence-corrected chi connectivity index (χ0v) is 12.2. The van der Waals surface area contributed by atoms with Crippen molar-refractivity contribution in [3.8, 4) is 0 Å². The van der Waals surface area contributed by atoms with E-state index in [0.29, 0.717) is 13.2 Å². The molecule has 1 aliphatic rings. The summed E-state index contributed by atoms with van der Waals surface area (Å²) in [7, 11) is 0. The first-order chi connectivity index (χ1) is 9.34. The van der Waals surface area contributed by atoms with E-state index >= 15 is 0 Å². The van der Waals surface area contributed by atoms with Crippen LogP contribution < -0.4 is 10.6 Å². The summed E-state index contributed by atoms with van der Waals surface area (Å²) in [4.78, 5) is 11.6. The van der Waals surface area contributed by atoms with Crippen LogP contribution in [0.3, 0.4) is 0 Å². The summed E-state index contributed by atoms with van der Waals surface area (Å²) in [5.41, 5.74) is 2.37. The molecule has 2 N–H and O–H groups in total. The second-order valence-corrected chi connectivity index (χ2v) is 4.57. The number of carbonyl (C=O) groups is 1. The molecule has 2 rings (SSSR count). The maximum Gasteiger partial charge on any atom is 0.246 e. The van der Waals surface area contributed by atoms with Crippen molar-refractivity contribution in [1.82, 2.24) is 10.6 Å². The molecule has 110 valence electrons. The van der Waals surface area contributed by atoms with Crippen molar-refractivity contribution >= 4 is 18.3 Å². The number of rotatable bonds is 6.